The molecule has 18 heavy (non-hydrogen) atoms. The molecule has 0 unspecified atom stereocenters. The highest BCUT2D eigenvalue weighted by molar-refractivity contribution is 14.1. The van der Waals surface area contributed by atoms with E-state index in [0.717, 1.165) is 0 Å². The molecule has 0 atom stereocenters. The first kappa shape index (κ1) is 15.6. The summed E-state index contributed by atoms with van der Waals surface area (Å²) in [4.78, 5) is 0. The first-order valence-electron chi connectivity index (χ1n) is 5.38. The van der Waals surface area contributed by atoms with Crippen LogP contribution in [0.15, 0.2) is 18.2 Å². The zero-order valence-corrected chi connectivity index (χ0v) is 13.1. The second kappa shape index (κ2) is 6.67. The Hall–Kier alpha value is -0.410. The van der Waals surface area contributed by atoms with Crippen molar-refractivity contribution in [3.63, 3.8) is 0 Å². The van der Waals surface area contributed by atoms with Gasteiger partial charge in [0.15, 0.2) is 0 Å². The molecule has 4 nitrogen and oxygen atoms in total. The Morgan fingerprint density at radius 2 is 2.11 bits per heavy atom. The maximum atomic E-state index is 13.2. The van der Waals surface area contributed by atoms with Crippen LogP contribution in [-0.2, 0) is 14.8 Å². The molecule has 0 aliphatic heterocycles. The van der Waals surface area contributed by atoms with E-state index in [1.165, 1.54) is 18.2 Å². The van der Waals surface area contributed by atoms with Gasteiger partial charge >= 0.3 is 0 Å². The van der Waals surface area contributed by atoms with Crippen LogP contribution in [0.1, 0.15) is 13.8 Å². The zero-order chi connectivity index (χ0) is 13.8. The molecule has 0 aliphatic rings. The molecule has 0 radical (unpaired) electrons. The number of ether oxygens (including phenoxy) is 1. The lowest BCUT2D eigenvalue weighted by molar-refractivity contribution is 0.0913. The lowest BCUT2D eigenvalue weighted by atomic mass is 10.3. The highest BCUT2D eigenvalue weighted by Crippen LogP contribution is 2.21. The van der Waals surface area contributed by atoms with Crippen molar-refractivity contribution >= 4 is 38.3 Å². The summed E-state index contributed by atoms with van der Waals surface area (Å²) < 4.78 is 44.5. The van der Waals surface area contributed by atoms with Crippen LogP contribution >= 0.6 is 22.6 Å². The van der Waals surface area contributed by atoms with Crippen molar-refractivity contribution in [3.05, 3.63) is 27.6 Å². The average molecular weight is 387 g/mol. The summed E-state index contributed by atoms with van der Waals surface area (Å²) in [6.45, 7) is 3.77. The number of hydrogen-bond acceptors (Lipinski definition) is 3. The van der Waals surface area contributed by atoms with Crippen LogP contribution < -0.4 is 4.72 Å². The predicted molar refractivity (Wildman–Crippen MR) is 77.6 cm³/mol. The minimum atomic E-state index is -3.52. The molecule has 0 spiro atoms. The monoisotopic (exact) mass is 387 g/mol. The van der Waals surface area contributed by atoms with Gasteiger partial charge in [0.2, 0.25) is 10.0 Å². The fourth-order valence-corrected chi connectivity index (χ4v) is 2.79. The molecule has 0 heterocycles. The summed E-state index contributed by atoms with van der Waals surface area (Å²) >= 11 is 1.76. The van der Waals surface area contributed by atoms with Crippen LogP contribution in [0, 0.1) is 9.39 Å². The maximum Gasteiger partial charge on any atom is 0.235 e. The van der Waals surface area contributed by atoms with Gasteiger partial charge in [-0.15, -0.1) is 0 Å². The summed E-state index contributed by atoms with van der Waals surface area (Å²) in [7, 11) is -3.52. The number of rotatable bonds is 6. The summed E-state index contributed by atoms with van der Waals surface area (Å²) in [5, 5.41) is 0. The summed E-state index contributed by atoms with van der Waals surface area (Å²) in [6, 6.07) is 4.26. The number of hydrogen-bond donors (Lipinski definition) is 1. The predicted octanol–water partition coefficient (Wildman–Crippen LogP) is 2.60. The number of anilines is 1. The Kier molecular flexibility index (Phi) is 5.80. The SMILES string of the molecule is CC(C)OCCS(=O)(=O)Nc1cccc(F)c1I. The van der Waals surface area contributed by atoms with Gasteiger partial charge in [-0.25, -0.2) is 12.8 Å². The van der Waals surface area contributed by atoms with Crippen molar-refractivity contribution in [2.24, 2.45) is 0 Å². The van der Waals surface area contributed by atoms with Crippen LogP contribution in [0.25, 0.3) is 0 Å². The number of halogens is 2. The molecular formula is C11H15FINO3S. The van der Waals surface area contributed by atoms with Crippen molar-refractivity contribution in [2.45, 2.75) is 20.0 Å². The van der Waals surface area contributed by atoms with Gasteiger partial charge in [-0.05, 0) is 48.6 Å². The fourth-order valence-electron chi connectivity index (χ4n) is 1.19. The van der Waals surface area contributed by atoms with Crippen molar-refractivity contribution < 1.29 is 17.5 Å². The van der Waals surface area contributed by atoms with E-state index in [-0.39, 0.29) is 27.7 Å². The van der Waals surface area contributed by atoms with E-state index < -0.39 is 15.8 Å². The molecule has 102 valence electrons. The summed E-state index contributed by atoms with van der Waals surface area (Å²) in [6.07, 6.45) is -0.0190. The Labute approximate surface area is 120 Å². The van der Waals surface area contributed by atoms with E-state index in [9.17, 15) is 12.8 Å². The first-order valence-corrected chi connectivity index (χ1v) is 8.11. The van der Waals surface area contributed by atoms with E-state index in [4.69, 9.17) is 4.74 Å². The van der Waals surface area contributed by atoms with E-state index in [1.807, 2.05) is 13.8 Å². The smallest absolute Gasteiger partial charge is 0.235 e. The fraction of sp³-hybridized carbons (Fsp3) is 0.455. The van der Waals surface area contributed by atoms with Crippen molar-refractivity contribution in [2.75, 3.05) is 17.1 Å². The molecule has 0 aromatic heterocycles. The second-order valence-electron chi connectivity index (χ2n) is 3.94. The van der Waals surface area contributed by atoms with Gasteiger partial charge in [0, 0.05) is 0 Å². The maximum absolute atomic E-state index is 13.2. The normalized spacial score (nSPS) is 11.8. The number of sulfonamides is 1. The van der Waals surface area contributed by atoms with Gasteiger partial charge < -0.3 is 4.74 Å². The first-order chi connectivity index (χ1) is 8.32. The third-order valence-corrected chi connectivity index (χ3v) is 4.35. The second-order valence-corrected chi connectivity index (χ2v) is 6.86. The molecule has 0 bridgehead atoms. The third kappa shape index (κ3) is 5.07. The Balaban J connectivity index is 2.68. The lowest BCUT2D eigenvalue weighted by Crippen LogP contribution is -2.22. The van der Waals surface area contributed by atoms with Crippen molar-refractivity contribution in [1.82, 2.24) is 0 Å². The van der Waals surface area contributed by atoms with Gasteiger partial charge in [-0.3, -0.25) is 4.72 Å². The number of benzene rings is 1. The molecular weight excluding hydrogens is 372 g/mol. The molecule has 1 rings (SSSR count). The topological polar surface area (TPSA) is 55.4 Å². The molecule has 1 aromatic carbocycles. The molecule has 0 saturated carbocycles. The van der Waals surface area contributed by atoms with Gasteiger partial charge in [0.25, 0.3) is 0 Å². The van der Waals surface area contributed by atoms with Gasteiger partial charge in [-0.2, -0.15) is 0 Å². The molecule has 0 aliphatic carbocycles. The van der Waals surface area contributed by atoms with Gasteiger partial charge in [0.05, 0.1) is 27.7 Å². The molecule has 0 amide bonds. The van der Waals surface area contributed by atoms with E-state index in [1.54, 1.807) is 22.6 Å². The Morgan fingerprint density at radius 1 is 1.44 bits per heavy atom. The number of nitrogens with one attached hydrogen (secondary N) is 1. The quantitative estimate of drug-likeness (QED) is 0.764. The summed E-state index contributed by atoms with van der Waals surface area (Å²) in [5.74, 6) is -0.605. The molecule has 7 heteroatoms. The van der Waals surface area contributed by atoms with E-state index in [0.29, 0.717) is 0 Å². The van der Waals surface area contributed by atoms with E-state index in [2.05, 4.69) is 4.72 Å². The van der Waals surface area contributed by atoms with Crippen LogP contribution in [0.2, 0.25) is 0 Å². The Bertz CT molecular complexity index is 505. The van der Waals surface area contributed by atoms with Crippen LogP contribution in [-0.4, -0.2) is 26.9 Å². The van der Waals surface area contributed by atoms with Crippen molar-refractivity contribution in [3.8, 4) is 0 Å². The molecule has 1 N–H and O–H groups in total. The minimum Gasteiger partial charge on any atom is -0.378 e. The largest absolute Gasteiger partial charge is 0.378 e. The molecule has 1 aromatic rings. The average Bonchev–Trinajstić information content (AvgIpc) is 2.23. The van der Waals surface area contributed by atoms with Crippen molar-refractivity contribution in [1.29, 1.82) is 0 Å². The van der Waals surface area contributed by atoms with Crippen LogP contribution in [0.4, 0.5) is 10.1 Å². The zero-order valence-electron chi connectivity index (χ0n) is 10.1. The highest BCUT2D eigenvalue weighted by atomic mass is 127. The molecule has 0 saturated heterocycles. The summed E-state index contributed by atoms with van der Waals surface area (Å²) in [5.41, 5.74) is 0.250. The highest BCUT2D eigenvalue weighted by Gasteiger charge is 2.14. The minimum absolute atomic E-state index is 0.0190. The third-order valence-electron chi connectivity index (χ3n) is 2.02. The van der Waals surface area contributed by atoms with Crippen LogP contribution in [0.5, 0.6) is 0 Å². The van der Waals surface area contributed by atoms with Gasteiger partial charge in [-0.1, -0.05) is 6.07 Å². The van der Waals surface area contributed by atoms with Crippen LogP contribution in [0.3, 0.4) is 0 Å². The molecule has 0 fully saturated rings. The van der Waals surface area contributed by atoms with E-state index >= 15 is 0 Å². The van der Waals surface area contributed by atoms with Gasteiger partial charge in [0.1, 0.15) is 5.82 Å². The lowest BCUT2D eigenvalue weighted by Gasteiger charge is -2.11. The Morgan fingerprint density at radius 3 is 2.72 bits per heavy atom. The standard InChI is InChI=1S/C11H15FINO3S/c1-8(2)17-6-7-18(15,16)14-10-5-3-4-9(12)11(10)13/h3-5,8,14H,6-7H2,1-2H3.